The zero-order valence-corrected chi connectivity index (χ0v) is 15.9. The van der Waals surface area contributed by atoms with Crippen molar-refractivity contribution in [3.63, 3.8) is 0 Å². The third-order valence-corrected chi connectivity index (χ3v) is 4.79. The molecule has 0 saturated heterocycles. The molecule has 0 radical (unpaired) electrons. The largest absolute Gasteiger partial charge is 0.351 e. The van der Waals surface area contributed by atoms with Gasteiger partial charge in [-0.3, -0.25) is 9.59 Å². The van der Waals surface area contributed by atoms with Gasteiger partial charge in [0, 0.05) is 34.9 Å². The molecule has 0 aliphatic rings. The molecule has 1 amide bonds. The van der Waals surface area contributed by atoms with Crippen LogP contribution in [-0.2, 0) is 0 Å². The van der Waals surface area contributed by atoms with Crippen molar-refractivity contribution in [2.24, 2.45) is 0 Å². The van der Waals surface area contributed by atoms with Crippen molar-refractivity contribution < 1.29 is 4.79 Å². The number of nitrogens with one attached hydrogen (secondary N) is 1. The fourth-order valence-electron chi connectivity index (χ4n) is 2.51. The third-order valence-electron chi connectivity index (χ3n) is 3.69. The molecule has 0 atom stereocenters. The molecule has 3 rings (SSSR count). The quantitative estimate of drug-likeness (QED) is 0.647. The molecule has 2 heterocycles. The summed E-state index contributed by atoms with van der Waals surface area (Å²) in [6, 6.07) is 11.0. The monoisotopic (exact) mass is 417 g/mol. The first-order valence-electron chi connectivity index (χ1n) is 7.65. The number of hydrogen-bond acceptors (Lipinski definition) is 4. The van der Waals surface area contributed by atoms with Gasteiger partial charge in [0.25, 0.3) is 5.91 Å². The second-order valence-electron chi connectivity index (χ2n) is 5.35. The molecular formula is C18H16BrN3O2S. The van der Waals surface area contributed by atoms with Gasteiger partial charge < -0.3 is 9.88 Å². The van der Waals surface area contributed by atoms with Crippen LogP contribution in [-0.4, -0.2) is 34.0 Å². The zero-order valence-electron chi connectivity index (χ0n) is 13.5. The topological polar surface area (TPSA) is 64.0 Å². The lowest BCUT2D eigenvalue weighted by atomic mass is 10.1. The van der Waals surface area contributed by atoms with E-state index in [0.29, 0.717) is 17.6 Å². The Balaban J connectivity index is 2.18. The van der Waals surface area contributed by atoms with Crippen LogP contribution in [0.15, 0.2) is 58.1 Å². The summed E-state index contributed by atoms with van der Waals surface area (Å²) in [4.78, 5) is 29.5. The van der Waals surface area contributed by atoms with E-state index in [0.717, 1.165) is 15.9 Å². The van der Waals surface area contributed by atoms with Gasteiger partial charge in [0.05, 0.1) is 5.39 Å². The SMILES string of the molecule is CSCCNC(=O)c1cn(-c2cccc(Br)c2)c2ncccc2c1=O. The average molecular weight is 418 g/mol. The van der Waals surface area contributed by atoms with E-state index in [4.69, 9.17) is 0 Å². The van der Waals surface area contributed by atoms with E-state index in [1.807, 2.05) is 30.5 Å². The molecule has 1 aromatic carbocycles. The van der Waals surface area contributed by atoms with Crippen molar-refractivity contribution in [2.45, 2.75) is 0 Å². The van der Waals surface area contributed by atoms with Crippen LogP contribution in [0.4, 0.5) is 0 Å². The molecule has 0 spiro atoms. The Labute approximate surface area is 157 Å². The van der Waals surface area contributed by atoms with Gasteiger partial charge in [0.15, 0.2) is 0 Å². The summed E-state index contributed by atoms with van der Waals surface area (Å²) in [5, 5.41) is 3.21. The van der Waals surface area contributed by atoms with Gasteiger partial charge in [-0.15, -0.1) is 0 Å². The normalized spacial score (nSPS) is 10.8. The number of halogens is 1. The average Bonchev–Trinajstić information content (AvgIpc) is 2.62. The molecule has 0 bridgehead atoms. The first kappa shape index (κ1) is 17.7. The molecule has 0 aliphatic carbocycles. The highest BCUT2D eigenvalue weighted by Crippen LogP contribution is 2.19. The van der Waals surface area contributed by atoms with Crippen molar-refractivity contribution in [2.75, 3.05) is 18.6 Å². The second-order valence-corrected chi connectivity index (χ2v) is 7.25. The summed E-state index contributed by atoms with van der Waals surface area (Å²) in [7, 11) is 0. The first-order valence-corrected chi connectivity index (χ1v) is 9.84. The lowest BCUT2D eigenvalue weighted by molar-refractivity contribution is 0.0955. The highest BCUT2D eigenvalue weighted by molar-refractivity contribution is 9.10. The predicted octanol–water partition coefficient (Wildman–Crippen LogP) is 3.24. The van der Waals surface area contributed by atoms with Gasteiger partial charge in [-0.25, -0.2) is 4.98 Å². The number of benzene rings is 1. The summed E-state index contributed by atoms with van der Waals surface area (Å²) in [6.45, 7) is 0.515. The van der Waals surface area contributed by atoms with Gasteiger partial charge in [0.2, 0.25) is 5.43 Å². The van der Waals surface area contributed by atoms with Gasteiger partial charge >= 0.3 is 0 Å². The second kappa shape index (κ2) is 7.84. The van der Waals surface area contributed by atoms with Gasteiger partial charge in [-0.05, 0) is 36.6 Å². The number of fused-ring (bicyclic) bond motifs is 1. The number of amides is 1. The fourth-order valence-corrected chi connectivity index (χ4v) is 3.20. The molecule has 0 unspecified atom stereocenters. The molecule has 1 N–H and O–H groups in total. The van der Waals surface area contributed by atoms with Crippen molar-refractivity contribution in [3.8, 4) is 5.69 Å². The van der Waals surface area contributed by atoms with Crippen LogP contribution in [0.1, 0.15) is 10.4 Å². The van der Waals surface area contributed by atoms with Crippen LogP contribution in [0.2, 0.25) is 0 Å². The number of rotatable bonds is 5. The van der Waals surface area contributed by atoms with Crippen LogP contribution in [0, 0.1) is 0 Å². The number of pyridine rings is 2. The predicted molar refractivity (Wildman–Crippen MR) is 106 cm³/mol. The molecular weight excluding hydrogens is 402 g/mol. The number of thioether (sulfide) groups is 1. The molecule has 5 nitrogen and oxygen atoms in total. The van der Waals surface area contributed by atoms with Crippen molar-refractivity contribution >= 4 is 44.6 Å². The van der Waals surface area contributed by atoms with E-state index in [2.05, 4.69) is 26.2 Å². The van der Waals surface area contributed by atoms with Crippen molar-refractivity contribution in [1.82, 2.24) is 14.9 Å². The van der Waals surface area contributed by atoms with Crippen LogP contribution < -0.4 is 10.7 Å². The molecule has 0 saturated carbocycles. The van der Waals surface area contributed by atoms with Gasteiger partial charge in [0.1, 0.15) is 11.2 Å². The molecule has 128 valence electrons. The summed E-state index contributed by atoms with van der Waals surface area (Å²) in [5.41, 5.74) is 1.14. The molecule has 0 fully saturated rings. The Morgan fingerprint density at radius 1 is 1.32 bits per heavy atom. The number of carbonyl (C=O) groups is 1. The number of carbonyl (C=O) groups excluding carboxylic acids is 1. The molecule has 3 aromatic rings. The van der Waals surface area contributed by atoms with Gasteiger partial charge in [-0.1, -0.05) is 22.0 Å². The number of nitrogens with zero attached hydrogens (tertiary/aromatic N) is 2. The Hall–Kier alpha value is -2.12. The Morgan fingerprint density at radius 3 is 2.92 bits per heavy atom. The van der Waals surface area contributed by atoms with E-state index in [1.54, 1.807) is 40.9 Å². The zero-order chi connectivity index (χ0) is 17.8. The van der Waals surface area contributed by atoms with E-state index in [-0.39, 0.29) is 16.9 Å². The van der Waals surface area contributed by atoms with E-state index >= 15 is 0 Å². The molecule has 7 heteroatoms. The maximum Gasteiger partial charge on any atom is 0.256 e. The van der Waals surface area contributed by atoms with Crippen LogP contribution in [0.3, 0.4) is 0 Å². The smallest absolute Gasteiger partial charge is 0.256 e. The fraction of sp³-hybridized carbons (Fsp3) is 0.167. The van der Waals surface area contributed by atoms with Gasteiger partial charge in [-0.2, -0.15) is 11.8 Å². The summed E-state index contributed by atoms with van der Waals surface area (Å²) < 4.78 is 2.67. The Bertz CT molecular complexity index is 987. The van der Waals surface area contributed by atoms with Crippen LogP contribution in [0.25, 0.3) is 16.7 Å². The number of aromatic nitrogens is 2. The summed E-state index contributed by atoms with van der Waals surface area (Å²) in [5.74, 6) is 0.425. The molecule has 0 aliphatic heterocycles. The highest BCUT2D eigenvalue weighted by atomic mass is 79.9. The highest BCUT2D eigenvalue weighted by Gasteiger charge is 2.16. The lowest BCUT2D eigenvalue weighted by Crippen LogP contribution is -2.31. The molecule has 25 heavy (non-hydrogen) atoms. The van der Waals surface area contributed by atoms with Crippen LogP contribution in [0.5, 0.6) is 0 Å². The minimum absolute atomic E-state index is 0.113. The van der Waals surface area contributed by atoms with Crippen molar-refractivity contribution in [3.05, 3.63) is 69.1 Å². The molecule has 2 aromatic heterocycles. The Morgan fingerprint density at radius 2 is 2.16 bits per heavy atom. The van der Waals surface area contributed by atoms with E-state index in [9.17, 15) is 9.59 Å². The maximum atomic E-state index is 12.7. The van der Waals surface area contributed by atoms with E-state index in [1.165, 1.54) is 0 Å². The minimum atomic E-state index is -0.367. The summed E-state index contributed by atoms with van der Waals surface area (Å²) >= 11 is 5.08. The minimum Gasteiger partial charge on any atom is -0.351 e. The third kappa shape index (κ3) is 3.77. The Kier molecular flexibility index (Phi) is 5.55. The standard InChI is InChI=1S/C18H16BrN3O2S/c1-25-9-8-21-18(24)15-11-22(13-5-2-4-12(19)10-13)17-14(16(15)23)6-3-7-20-17/h2-7,10-11H,8-9H2,1H3,(H,21,24). The van der Waals surface area contributed by atoms with Crippen molar-refractivity contribution in [1.29, 1.82) is 0 Å². The van der Waals surface area contributed by atoms with Crippen LogP contribution >= 0.6 is 27.7 Å². The number of hydrogen-bond donors (Lipinski definition) is 1. The maximum absolute atomic E-state index is 12.7. The first-order chi connectivity index (χ1) is 12.1. The van der Waals surface area contributed by atoms with E-state index < -0.39 is 0 Å². The lowest BCUT2D eigenvalue weighted by Gasteiger charge is -2.13. The summed E-state index contributed by atoms with van der Waals surface area (Å²) in [6.07, 6.45) is 5.16.